The highest BCUT2D eigenvalue weighted by Gasteiger charge is 2.80. The molecule has 10 rings (SSSR count). The molecular formula is C46H56N4O9. The summed E-state index contributed by atoms with van der Waals surface area (Å²) in [5.74, 6) is -1.37. The number of epoxide rings is 1. The lowest BCUT2D eigenvalue weighted by Crippen LogP contribution is -2.81. The SMILES string of the molecule is CC[C@]12CN3CCc4c([nH]c5ccccc45)[C@@](C(=O)OC)(c4cc5c(cc4OC)N(C)[C@@H]4[C@](O)(C(=O)OC)[C@@H](OC(C)=O)[C@@]6(CC)C=CCN7CC[C@@]54[C@H]76)C[C@@H](C3)[C@H]1O2. The predicted octanol–water partition coefficient (Wildman–Crippen LogP) is 4.01. The number of nitrogens with zero attached hydrogens (tertiary/aromatic N) is 3. The fourth-order valence-corrected chi connectivity index (χ4v) is 13.9. The molecule has 3 saturated heterocycles. The number of esters is 3. The van der Waals surface area contributed by atoms with Crippen LogP contribution in [0.3, 0.4) is 0 Å². The van der Waals surface area contributed by atoms with E-state index in [0.717, 1.165) is 59.5 Å². The average molecular weight is 809 g/mol. The maximum absolute atomic E-state index is 15.4. The molecular weight excluding hydrogens is 753 g/mol. The Hall–Kier alpha value is -4.43. The van der Waals surface area contributed by atoms with Gasteiger partial charge in [-0.2, -0.15) is 0 Å². The molecule has 13 heteroatoms. The van der Waals surface area contributed by atoms with Crippen LogP contribution >= 0.6 is 0 Å². The molecule has 1 spiro atoms. The lowest BCUT2D eigenvalue weighted by atomic mass is 9.47. The molecule has 0 radical (unpaired) electrons. The van der Waals surface area contributed by atoms with Crippen LogP contribution in [0.15, 0.2) is 48.6 Å². The zero-order valence-corrected chi connectivity index (χ0v) is 35.1. The molecule has 0 amide bonds. The first-order valence-corrected chi connectivity index (χ1v) is 21.3. The number of fused-ring (bicyclic) bond motifs is 8. The number of nitrogens with one attached hydrogen (secondary N) is 1. The number of rotatable bonds is 7. The first kappa shape index (κ1) is 38.8. The number of carbonyl (C=O) groups excluding carboxylic acids is 3. The number of aromatic amines is 1. The first-order valence-electron chi connectivity index (χ1n) is 21.3. The van der Waals surface area contributed by atoms with Gasteiger partial charge >= 0.3 is 17.9 Å². The van der Waals surface area contributed by atoms with E-state index in [-0.39, 0.29) is 23.7 Å². The van der Waals surface area contributed by atoms with Gasteiger partial charge in [0.1, 0.15) is 16.8 Å². The van der Waals surface area contributed by atoms with Gasteiger partial charge in [0.25, 0.3) is 0 Å². The van der Waals surface area contributed by atoms with E-state index in [1.54, 1.807) is 7.11 Å². The Morgan fingerprint density at radius 1 is 1.00 bits per heavy atom. The summed E-state index contributed by atoms with van der Waals surface area (Å²) >= 11 is 0. The standard InChI is InChI=1S/C46H56N4O9/c1-8-42-16-12-18-50-20-17-44(37(42)50)30-21-31(34(55-5)22-33(30)48(4)38(44)46(54,41(53)57-7)39(42)58-26(3)51)45(40(52)56-6)23-27-24-49(25-43(9-2)36(27)59-43)19-15-29-28-13-10-11-14-32(28)47-35(29)45/h10-14,16,21-22,27,36-39,47,54H,8-9,15,17-20,23-25H2,1-7H3/t27-,36+,37+,38-,39-,42-,43-,44-,45-,46+/m0/s1. The lowest BCUT2D eigenvalue weighted by Gasteiger charge is -2.63. The number of aromatic nitrogens is 1. The largest absolute Gasteiger partial charge is 0.496 e. The zero-order valence-electron chi connectivity index (χ0n) is 35.1. The van der Waals surface area contributed by atoms with E-state index in [1.165, 1.54) is 21.1 Å². The smallest absolute Gasteiger partial charge is 0.344 e. The van der Waals surface area contributed by atoms with Crippen LogP contribution in [0.4, 0.5) is 5.69 Å². The number of anilines is 1. The number of H-pyrrole nitrogens is 1. The predicted molar refractivity (Wildman–Crippen MR) is 218 cm³/mol. The highest BCUT2D eigenvalue weighted by atomic mass is 16.6. The van der Waals surface area contributed by atoms with Gasteiger partial charge in [0.05, 0.1) is 33.5 Å². The van der Waals surface area contributed by atoms with Crippen LogP contribution in [-0.2, 0) is 50.6 Å². The number of para-hydroxylation sites is 1. The molecule has 13 nitrogen and oxygen atoms in total. The van der Waals surface area contributed by atoms with E-state index in [2.05, 4.69) is 52.1 Å². The highest BCUT2D eigenvalue weighted by molar-refractivity contribution is 5.95. The summed E-state index contributed by atoms with van der Waals surface area (Å²) in [5.41, 5.74) is -0.627. The van der Waals surface area contributed by atoms with Crippen LogP contribution in [0.25, 0.3) is 10.9 Å². The maximum atomic E-state index is 15.4. The molecule has 1 aromatic heterocycles. The van der Waals surface area contributed by atoms with E-state index in [1.807, 2.05) is 37.1 Å². The molecule has 11 atom stereocenters. The quantitative estimate of drug-likeness (QED) is 0.154. The summed E-state index contributed by atoms with van der Waals surface area (Å²) in [5, 5.41) is 14.4. The summed E-state index contributed by atoms with van der Waals surface area (Å²) < 4.78 is 30.7. The molecule has 1 saturated carbocycles. The average Bonchev–Trinajstić information content (AvgIpc) is 3.53. The van der Waals surface area contributed by atoms with Gasteiger partial charge in [-0.3, -0.25) is 19.4 Å². The van der Waals surface area contributed by atoms with Crippen LogP contribution in [0.1, 0.15) is 68.8 Å². The van der Waals surface area contributed by atoms with Crippen molar-refractivity contribution in [3.05, 3.63) is 70.9 Å². The van der Waals surface area contributed by atoms with Gasteiger partial charge < -0.3 is 38.7 Å². The summed E-state index contributed by atoms with van der Waals surface area (Å²) in [4.78, 5) is 53.5. The number of benzene rings is 2. The number of ether oxygens (including phenoxy) is 5. The Kier molecular flexibility index (Phi) is 8.56. The van der Waals surface area contributed by atoms with Crippen molar-refractivity contribution >= 4 is 34.5 Å². The van der Waals surface area contributed by atoms with E-state index >= 15 is 4.79 Å². The van der Waals surface area contributed by atoms with Crippen molar-refractivity contribution in [2.24, 2.45) is 11.3 Å². The van der Waals surface area contributed by atoms with Crippen LogP contribution in [0.5, 0.6) is 5.75 Å². The topological polar surface area (TPSA) is 146 Å². The van der Waals surface area contributed by atoms with E-state index < -0.39 is 51.9 Å². The molecule has 2 aromatic carbocycles. The van der Waals surface area contributed by atoms with Gasteiger partial charge in [-0.1, -0.05) is 44.2 Å². The Morgan fingerprint density at radius 2 is 1.78 bits per heavy atom. The third-order valence-corrected chi connectivity index (χ3v) is 16.0. The van der Waals surface area contributed by atoms with E-state index in [4.69, 9.17) is 23.7 Å². The summed E-state index contributed by atoms with van der Waals surface area (Å²) in [7, 11) is 6.23. The second-order valence-corrected chi connectivity index (χ2v) is 18.3. The van der Waals surface area contributed by atoms with Gasteiger partial charge in [0.15, 0.2) is 6.10 Å². The third kappa shape index (κ3) is 4.73. The van der Waals surface area contributed by atoms with Crippen molar-refractivity contribution in [2.45, 2.75) is 99.2 Å². The van der Waals surface area contributed by atoms with Gasteiger partial charge in [-0.25, -0.2) is 4.79 Å². The van der Waals surface area contributed by atoms with Crippen LogP contribution in [-0.4, -0.2) is 134 Å². The summed E-state index contributed by atoms with van der Waals surface area (Å²) in [6.45, 7) is 9.32. The van der Waals surface area contributed by atoms with Crippen molar-refractivity contribution in [1.29, 1.82) is 0 Å². The zero-order chi connectivity index (χ0) is 41.4. The monoisotopic (exact) mass is 808 g/mol. The molecule has 314 valence electrons. The van der Waals surface area contributed by atoms with Crippen LogP contribution < -0.4 is 9.64 Å². The van der Waals surface area contributed by atoms with Gasteiger partial charge in [0.2, 0.25) is 5.60 Å². The number of piperidine rings is 1. The van der Waals surface area contributed by atoms with Crippen LogP contribution in [0, 0.1) is 11.3 Å². The van der Waals surface area contributed by atoms with Gasteiger partial charge in [-0.15, -0.1) is 0 Å². The highest BCUT2D eigenvalue weighted by Crippen LogP contribution is 2.68. The maximum Gasteiger partial charge on any atom is 0.344 e. The molecule has 7 heterocycles. The van der Waals surface area contributed by atoms with Crippen LogP contribution in [0.2, 0.25) is 0 Å². The number of carbonyl (C=O) groups is 3. The number of hydrogen-bond donors (Lipinski definition) is 2. The molecule has 1 aliphatic carbocycles. The van der Waals surface area contributed by atoms with E-state index in [0.29, 0.717) is 50.1 Å². The second kappa shape index (κ2) is 13.0. The Morgan fingerprint density at radius 3 is 2.49 bits per heavy atom. The van der Waals surface area contributed by atoms with Gasteiger partial charge in [-0.05, 0) is 61.9 Å². The van der Waals surface area contributed by atoms with Crippen molar-refractivity contribution in [3.8, 4) is 5.75 Å². The molecule has 6 aliphatic heterocycles. The summed E-state index contributed by atoms with van der Waals surface area (Å²) in [6.07, 6.45) is 5.94. The van der Waals surface area contributed by atoms with Gasteiger partial charge in [0, 0.05) is 96.9 Å². The molecule has 1 unspecified atom stereocenters. The molecule has 3 aromatic rings. The minimum absolute atomic E-state index is 0.00603. The third-order valence-electron chi connectivity index (χ3n) is 16.0. The fraction of sp³-hybridized carbons (Fsp3) is 0.587. The Balaban J connectivity index is 1.28. The number of hydrogen-bond acceptors (Lipinski definition) is 12. The second-order valence-electron chi connectivity index (χ2n) is 18.3. The Bertz CT molecular complexity index is 2310. The van der Waals surface area contributed by atoms with Crippen molar-refractivity contribution < 1.29 is 43.2 Å². The van der Waals surface area contributed by atoms with Crippen molar-refractivity contribution in [3.63, 3.8) is 0 Å². The first-order chi connectivity index (χ1) is 28.3. The molecule has 2 N–H and O–H groups in total. The molecule has 4 fully saturated rings. The minimum Gasteiger partial charge on any atom is -0.496 e. The Labute approximate surface area is 344 Å². The lowest BCUT2D eigenvalue weighted by molar-refractivity contribution is -0.228. The number of likely N-dealkylation sites (N-methyl/N-ethyl adjacent to an activating group) is 1. The molecule has 7 aliphatic rings. The minimum atomic E-state index is -2.29. The number of aliphatic hydroxyl groups is 1. The fourth-order valence-electron chi connectivity index (χ4n) is 13.9. The molecule has 2 bridgehead atoms. The van der Waals surface area contributed by atoms with E-state index in [9.17, 15) is 14.7 Å². The number of methoxy groups -OCH3 is 3. The summed E-state index contributed by atoms with van der Waals surface area (Å²) in [6, 6.07) is 11.2. The van der Waals surface area contributed by atoms with Crippen molar-refractivity contribution in [2.75, 3.05) is 66.0 Å². The van der Waals surface area contributed by atoms with Crippen molar-refractivity contribution in [1.82, 2.24) is 14.8 Å². The molecule has 59 heavy (non-hydrogen) atoms. The normalized spacial score (nSPS) is 38.7.